The molecule has 0 aliphatic carbocycles. The smallest absolute Gasteiger partial charge is 0.326 e. The fourth-order valence-corrected chi connectivity index (χ4v) is 2.61. The summed E-state index contributed by atoms with van der Waals surface area (Å²) in [5.74, 6) is -1.14. The molecule has 2 rings (SSSR count). The zero-order chi connectivity index (χ0) is 18.4. The van der Waals surface area contributed by atoms with Gasteiger partial charge in [-0.15, -0.1) is 6.58 Å². The molecule has 2 amide bonds. The minimum Gasteiger partial charge on any atom is -0.480 e. The molecule has 1 aliphatic heterocycles. The summed E-state index contributed by atoms with van der Waals surface area (Å²) in [6, 6.07) is 6.15. The molecular weight excluding hydrogens is 324 g/mol. The van der Waals surface area contributed by atoms with Gasteiger partial charge in [0.2, 0.25) is 5.91 Å². The number of para-hydroxylation sites is 2. The number of carbonyl (C=O) groups is 3. The number of rotatable bonds is 8. The number of nitrogens with one attached hydrogen (secondary N) is 1. The monoisotopic (exact) mass is 346 g/mol. The van der Waals surface area contributed by atoms with Crippen molar-refractivity contribution in [3.05, 3.63) is 36.9 Å². The van der Waals surface area contributed by atoms with Gasteiger partial charge >= 0.3 is 5.97 Å². The average Bonchev–Trinajstić information content (AvgIpc) is 2.58. The summed E-state index contributed by atoms with van der Waals surface area (Å²) >= 11 is 0. The number of amides is 2. The van der Waals surface area contributed by atoms with Crippen molar-refractivity contribution in [1.29, 1.82) is 0 Å². The molecule has 2 N–H and O–H groups in total. The van der Waals surface area contributed by atoms with Gasteiger partial charge in [0.1, 0.15) is 11.8 Å². The molecule has 0 radical (unpaired) electrons. The van der Waals surface area contributed by atoms with E-state index in [0.717, 1.165) is 0 Å². The predicted molar refractivity (Wildman–Crippen MR) is 92.5 cm³/mol. The van der Waals surface area contributed by atoms with Crippen LogP contribution in [0.4, 0.5) is 5.69 Å². The van der Waals surface area contributed by atoms with Gasteiger partial charge in [-0.1, -0.05) is 18.2 Å². The number of allylic oxidation sites excluding steroid dienone is 1. The molecule has 0 saturated carbocycles. The molecular formula is C18H22N2O5. The van der Waals surface area contributed by atoms with E-state index in [1.54, 1.807) is 31.2 Å². The van der Waals surface area contributed by atoms with Crippen LogP contribution in [0.2, 0.25) is 0 Å². The van der Waals surface area contributed by atoms with Crippen LogP contribution in [0, 0.1) is 0 Å². The summed E-state index contributed by atoms with van der Waals surface area (Å²) in [6.07, 6.45) is 1.75. The highest BCUT2D eigenvalue weighted by atomic mass is 16.5. The first-order valence-corrected chi connectivity index (χ1v) is 8.14. The SMILES string of the molecule is C=CCCC(NC(=O)CCN1C(=O)C(C)Oc2ccccc21)C(=O)O. The van der Waals surface area contributed by atoms with Crippen LogP contribution in [0.3, 0.4) is 0 Å². The first kappa shape index (κ1) is 18.5. The molecule has 2 unspecified atom stereocenters. The maximum atomic E-state index is 12.3. The second-order valence-corrected chi connectivity index (χ2v) is 5.79. The van der Waals surface area contributed by atoms with E-state index in [9.17, 15) is 14.4 Å². The molecule has 0 spiro atoms. The lowest BCUT2D eigenvalue weighted by Crippen LogP contribution is -2.47. The van der Waals surface area contributed by atoms with Crippen molar-refractivity contribution < 1.29 is 24.2 Å². The van der Waals surface area contributed by atoms with Gasteiger partial charge in [-0.3, -0.25) is 9.59 Å². The number of carboxylic acids is 1. The number of hydrogen-bond acceptors (Lipinski definition) is 4. The van der Waals surface area contributed by atoms with E-state index in [1.165, 1.54) is 4.90 Å². The van der Waals surface area contributed by atoms with Crippen molar-refractivity contribution in [2.75, 3.05) is 11.4 Å². The molecule has 0 fully saturated rings. The molecule has 25 heavy (non-hydrogen) atoms. The summed E-state index contributed by atoms with van der Waals surface area (Å²) in [5.41, 5.74) is 0.611. The van der Waals surface area contributed by atoms with Gasteiger partial charge in [-0.25, -0.2) is 4.79 Å². The Morgan fingerprint density at radius 2 is 2.16 bits per heavy atom. The molecule has 2 atom stereocenters. The van der Waals surface area contributed by atoms with Crippen LogP contribution >= 0.6 is 0 Å². The van der Waals surface area contributed by atoms with E-state index in [4.69, 9.17) is 9.84 Å². The second kappa shape index (κ2) is 8.32. The van der Waals surface area contributed by atoms with E-state index >= 15 is 0 Å². The Morgan fingerprint density at radius 1 is 1.44 bits per heavy atom. The Labute approximate surface area is 146 Å². The average molecular weight is 346 g/mol. The van der Waals surface area contributed by atoms with Gasteiger partial charge in [-0.05, 0) is 31.9 Å². The van der Waals surface area contributed by atoms with Gasteiger partial charge in [-0.2, -0.15) is 0 Å². The highest BCUT2D eigenvalue weighted by Gasteiger charge is 2.31. The third-order valence-corrected chi connectivity index (χ3v) is 3.93. The van der Waals surface area contributed by atoms with Gasteiger partial charge in [0.05, 0.1) is 5.69 Å². The van der Waals surface area contributed by atoms with E-state index < -0.39 is 24.0 Å². The Bertz CT molecular complexity index is 673. The standard InChI is InChI=1S/C18H22N2O5/c1-3-4-7-13(18(23)24)19-16(21)10-11-20-14-8-5-6-9-15(14)25-12(2)17(20)22/h3,5-6,8-9,12-13H,1,4,7,10-11H2,2H3,(H,19,21)(H,23,24). The van der Waals surface area contributed by atoms with Crippen LogP contribution < -0.4 is 15.0 Å². The lowest BCUT2D eigenvalue weighted by molar-refractivity contribution is -0.142. The number of anilines is 1. The van der Waals surface area contributed by atoms with Crippen LogP contribution in [-0.4, -0.2) is 41.6 Å². The first-order valence-electron chi connectivity index (χ1n) is 8.14. The third-order valence-electron chi connectivity index (χ3n) is 3.93. The van der Waals surface area contributed by atoms with Gasteiger partial charge in [0.15, 0.2) is 6.10 Å². The Morgan fingerprint density at radius 3 is 2.84 bits per heavy atom. The highest BCUT2D eigenvalue weighted by molar-refractivity contribution is 6.00. The summed E-state index contributed by atoms with van der Waals surface area (Å²) in [5, 5.41) is 11.6. The summed E-state index contributed by atoms with van der Waals surface area (Å²) < 4.78 is 5.54. The summed E-state index contributed by atoms with van der Waals surface area (Å²) in [7, 11) is 0. The minimum absolute atomic E-state index is 0.00463. The second-order valence-electron chi connectivity index (χ2n) is 5.79. The zero-order valence-corrected chi connectivity index (χ0v) is 14.1. The fourth-order valence-electron chi connectivity index (χ4n) is 2.61. The topological polar surface area (TPSA) is 95.9 Å². The summed E-state index contributed by atoms with van der Waals surface area (Å²) in [6.45, 7) is 5.35. The molecule has 1 aromatic carbocycles. The molecule has 1 heterocycles. The summed E-state index contributed by atoms with van der Waals surface area (Å²) in [4.78, 5) is 37.1. The largest absolute Gasteiger partial charge is 0.480 e. The number of carboxylic acid groups (broad SMARTS) is 1. The fraction of sp³-hybridized carbons (Fsp3) is 0.389. The molecule has 0 aromatic heterocycles. The normalized spacial score (nSPS) is 17.2. The maximum absolute atomic E-state index is 12.3. The molecule has 7 heteroatoms. The van der Waals surface area contributed by atoms with Crippen molar-refractivity contribution in [2.24, 2.45) is 0 Å². The number of hydrogen-bond donors (Lipinski definition) is 2. The number of nitrogens with zero attached hydrogens (tertiary/aromatic N) is 1. The van der Waals surface area contributed by atoms with E-state index in [0.29, 0.717) is 17.9 Å². The Kier molecular flexibility index (Phi) is 6.16. The van der Waals surface area contributed by atoms with Crippen molar-refractivity contribution in [3.8, 4) is 5.75 Å². The van der Waals surface area contributed by atoms with Crippen LogP contribution in [0.25, 0.3) is 0 Å². The van der Waals surface area contributed by atoms with Gasteiger partial charge < -0.3 is 20.1 Å². The van der Waals surface area contributed by atoms with Gasteiger partial charge in [0.25, 0.3) is 5.91 Å². The van der Waals surface area contributed by atoms with Crippen molar-refractivity contribution in [3.63, 3.8) is 0 Å². The van der Waals surface area contributed by atoms with Crippen molar-refractivity contribution in [2.45, 2.75) is 38.3 Å². The number of carbonyl (C=O) groups excluding carboxylic acids is 2. The minimum atomic E-state index is -1.09. The quantitative estimate of drug-likeness (QED) is 0.699. The third kappa shape index (κ3) is 4.59. The van der Waals surface area contributed by atoms with Gasteiger partial charge in [0, 0.05) is 13.0 Å². The molecule has 1 aliphatic rings. The number of aliphatic carboxylic acids is 1. The molecule has 0 bridgehead atoms. The molecule has 0 saturated heterocycles. The van der Waals surface area contributed by atoms with Crippen LogP contribution in [0.1, 0.15) is 26.2 Å². The molecule has 1 aromatic rings. The number of ether oxygens (including phenoxy) is 1. The Balaban J connectivity index is 2.00. The van der Waals surface area contributed by atoms with E-state index in [1.807, 2.05) is 6.07 Å². The lowest BCUT2D eigenvalue weighted by Gasteiger charge is -2.32. The maximum Gasteiger partial charge on any atom is 0.326 e. The van der Waals surface area contributed by atoms with Crippen molar-refractivity contribution >= 4 is 23.5 Å². The molecule has 7 nitrogen and oxygen atoms in total. The van der Waals surface area contributed by atoms with Crippen LogP contribution in [-0.2, 0) is 14.4 Å². The highest BCUT2D eigenvalue weighted by Crippen LogP contribution is 2.33. The molecule has 134 valence electrons. The van der Waals surface area contributed by atoms with Crippen LogP contribution in [0.5, 0.6) is 5.75 Å². The lowest BCUT2D eigenvalue weighted by atomic mass is 10.1. The Hall–Kier alpha value is -2.83. The number of benzene rings is 1. The van der Waals surface area contributed by atoms with E-state index in [2.05, 4.69) is 11.9 Å². The van der Waals surface area contributed by atoms with Crippen LogP contribution in [0.15, 0.2) is 36.9 Å². The van der Waals surface area contributed by atoms with Crippen molar-refractivity contribution in [1.82, 2.24) is 5.32 Å². The predicted octanol–water partition coefficient (Wildman–Crippen LogP) is 1.73. The van der Waals surface area contributed by atoms with E-state index in [-0.39, 0.29) is 25.3 Å². The zero-order valence-electron chi connectivity index (χ0n) is 14.1. The first-order chi connectivity index (χ1) is 11.9. The number of fused-ring (bicyclic) bond motifs is 1.